The van der Waals surface area contributed by atoms with E-state index in [0.717, 1.165) is 16.7 Å². The second-order valence-electron chi connectivity index (χ2n) is 6.70. The Morgan fingerprint density at radius 1 is 0.923 bits per heavy atom. The van der Waals surface area contributed by atoms with Crippen LogP contribution in [-0.2, 0) is 6.42 Å². The predicted molar refractivity (Wildman–Crippen MR) is 105 cm³/mol. The molecule has 3 nitrogen and oxygen atoms in total. The fourth-order valence-corrected chi connectivity index (χ4v) is 3.62. The van der Waals surface area contributed by atoms with Gasteiger partial charge in [-0.1, -0.05) is 48.6 Å². The smallest absolute Gasteiger partial charge is 0.100 e. The summed E-state index contributed by atoms with van der Waals surface area (Å²) in [5, 5.41) is 9.78. The van der Waals surface area contributed by atoms with Crippen LogP contribution < -0.4 is 0 Å². The van der Waals surface area contributed by atoms with Crippen molar-refractivity contribution in [3.8, 4) is 16.8 Å². The van der Waals surface area contributed by atoms with Gasteiger partial charge in [0, 0.05) is 12.1 Å². The molecule has 1 N–H and O–H groups in total. The largest absolute Gasteiger partial charge is 0.389 e. The maximum Gasteiger partial charge on any atom is 0.100 e. The third-order valence-corrected chi connectivity index (χ3v) is 4.98. The molecule has 4 aromatic rings. The molecule has 1 heterocycles. The number of benzene rings is 3. The summed E-state index contributed by atoms with van der Waals surface area (Å²) >= 11 is 0. The van der Waals surface area contributed by atoms with Crippen molar-refractivity contribution in [1.82, 2.24) is 9.55 Å². The lowest BCUT2D eigenvalue weighted by molar-refractivity contribution is 0.223. The van der Waals surface area contributed by atoms with E-state index in [1.165, 1.54) is 22.3 Å². The molecule has 0 spiro atoms. The zero-order valence-corrected chi connectivity index (χ0v) is 14.2. The first-order chi connectivity index (χ1) is 12.8. The van der Waals surface area contributed by atoms with Gasteiger partial charge in [0.2, 0.25) is 0 Å². The van der Waals surface area contributed by atoms with E-state index in [0.29, 0.717) is 6.42 Å². The van der Waals surface area contributed by atoms with Crippen molar-refractivity contribution < 1.29 is 5.11 Å². The topological polar surface area (TPSA) is 38.0 Å². The molecular formula is C23H18N2O. The molecule has 0 fully saturated rings. The van der Waals surface area contributed by atoms with Crippen LogP contribution in [0.3, 0.4) is 0 Å². The van der Waals surface area contributed by atoms with E-state index in [9.17, 15) is 5.11 Å². The number of fused-ring (bicyclic) bond motifs is 2. The van der Waals surface area contributed by atoms with Gasteiger partial charge in [0.05, 0.1) is 17.1 Å². The van der Waals surface area contributed by atoms with Gasteiger partial charge in [0.1, 0.15) is 6.33 Å². The molecular weight excluding hydrogens is 320 g/mol. The lowest BCUT2D eigenvalue weighted by Crippen LogP contribution is -2.11. The second kappa shape index (κ2) is 5.97. The van der Waals surface area contributed by atoms with Crippen molar-refractivity contribution in [2.75, 3.05) is 0 Å². The van der Waals surface area contributed by atoms with Gasteiger partial charge in [-0.3, -0.25) is 4.57 Å². The van der Waals surface area contributed by atoms with Crippen molar-refractivity contribution >= 4 is 17.1 Å². The fraction of sp³-hybridized carbons (Fsp3) is 0.0870. The standard InChI is InChI=1S/C23H18N2O/c26-21-11-10-18-12-17(8-9-19(18)14-21)16-4-3-5-20(13-16)25-15-24-22-6-1-2-7-23(22)25/h1-13,15,21,26H,14H2. The summed E-state index contributed by atoms with van der Waals surface area (Å²) < 4.78 is 2.12. The van der Waals surface area contributed by atoms with E-state index in [1.54, 1.807) is 0 Å². The van der Waals surface area contributed by atoms with Gasteiger partial charge in [-0.05, 0) is 52.6 Å². The molecule has 1 unspecified atom stereocenters. The summed E-state index contributed by atoms with van der Waals surface area (Å²) in [4.78, 5) is 4.49. The summed E-state index contributed by atoms with van der Waals surface area (Å²) in [6.45, 7) is 0. The van der Waals surface area contributed by atoms with Crippen molar-refractivity contribution in [3.05, 3.63) is 90.3 Å². The van der Waals surface area contributed by atoms with E-state index in [2.05, 4.69) is 58.1 Å². The highest BCUT2D eigenvalue weighted by Crippen LogP contribution is 2.28. The maximum absolute atomic E-state index is 9.78. The minimum Gasteiger partial charge on any atom is -0.389 e. The quantitative estimate of drug-likeness (QED) is 0.579. The zero-order valence-electron chi connectivity index (χ0n) is 14.2. The van der Waals surface area contributed by atoms with Crippen LogP contribution in [0.25, 0.3) is 33.9 Å². The Balaban J connectivity index is 1.58. The number of aromatic nitrogens is 2. The van der Waals surface area contributed by atoms with Gasteiger partial charge in [-0.15, -0.1) is 0 Å². The average Bonchev–Trinajstić information content (AvgIpc) is 3.12. The van der Waals surface area contributed by atoms with Crippen molar-refractivity contribution in [3.63, 3.8) is 0 Å². The molecule has 0 amide bonds. The molecule has 1 aromatic heterocycles. The van der Waals surface area contributed by atoms with Crippen molar-refractivity contribution in [2.45, 2.75) is 12.5 Å². The van der Waals surface area contributed by atoms with Crippen LogP contribution in [0.5, 0.6) is 0 Å². The van der Waals surface area contributed by atoms with E-state index in [1.807, 2.05) is 36.7 Å². The number of imidazole rings is 1. The van der Waals surface area contributed by atoms with Gasteiger partial charge in [0.15, 0.2) is 0 Å². The number of hydrogen-bond acceptors (Lipinski definition) is 2. The van der Waals surface area contributed by atoms with Crippen molar-refractivity contribution in [1.29, 1.82) is 0 Å². The number of hydrogen-bond donors (Lipinski definition) is 1. The van der Waals surface area contributed by atoms with Crippen LogP contribution >= 0.6 is 0 Å². The van der Waals surface area contributed by atoms with Gasteiger partial charge in [-0.2, -0.15) is 0 Å². The summed E-state index contributed by atoms with van der Waals surface area (Å²) in [5.74, 6) is 0. The van der Waals surface area contributed by atoms with Crippen LogP contribution in [0.2, 0.25) is 0 Å². The highest BCUT2D eigenvalue weighted by atomic mass is 16.3. The van der Waals surface area contributed by atoms with Crippen molar-refractivity contribution in [2.24, 2.45) is 0 Å². The van der Waals surface area contributed by atoms with Gasteiger partial charge >= 0.3 is 0 Å². The van der Waals surface area contributed by atoms with E-state index in [-0.39, 0.29) is 6.10 Å². The molecule has 0 saturated carbocycles. The van der Waals surface area contributed by atoms with Gasteiger partial charge < -0.3 is 5.11 Å². The Morgan fingerprint density at radius 2 is 1.81 bits per heavy atom. The number of para-hydroxylation sites is 2. The molecule has 126 valence electrons. The van der Waals surface area contributed by atoms with Gasteiger partial charge in [-0.25, -0.2) is 4.98 Å². The molecule has 0 aliphatic heterocycles. The maximum atomic E-state index is 9.78. The lowest BCUT2D eigenvalue weighted by atomic mass is 9.92. The molecule has 0 bridgehead atoms. The van der Waals surface area contributed by atoms with E-state index < -0.39 is 0 Å². The first kappa shape index (κ1) is 15.1. The normalized spacial score (nSPS) is 16.0. The molecule has 26 heavy (non-hydrogen) atoms. The molecule has 3 aromatic carbocycles. The molecule has 0 radical (unpaired) electrons. The number of rotatable bonds is 2. The number of aliphatic hydroxyl groups is 1. The molecule has 1 aliphatic rings. The fourth-order valence-electron chi connectivity index (χ4n) is 3.62. The monoisotopic (exact) mass is 338 g/mol. The Bertz CT molecular complexity index is 1140. The van der Waals surface area contributed by atoms with Crippen LogP contribution in [0, 0.1) is 0 Å². The van der Waals surface area contributed by atoms with Crippen LogP contribution in [-0.4, -0.2) is 20.8 Å². The number of aliphatic hydroxyl groups excluding tert-OH is 1. The highest BCUT2D eigenvalue weighted by molar-refractivity contribution is 5.78. The summed E-state index contributed by atoms with van der Waals surface area (Å²) in [5.41, 5.74) is 7.92. The zero-order chi connectivity index (χ0) is 17.5. The Morgan fingerprint density at radius 3 is 2.77 bits per heavy atom. The lowest BCUT2D eigenvalue weighted by Gasteiger charge is -2.16. The van der Waals surface area contributed by atoms with E-state index in [4.69, 9.17) is 0 Å². The third kappa shape index (κ3) is 2.54. The minimum absolute atomic E-state index is 0.369. The molecule has 1 aliphatic carbocycles. The first-order valence-electron chi connectivity index (χ1n) is 8.80. The summed E-state index contributed by atoms with van der Waals surface area (Å²) in [6, 6.07) is 23.1. The third-order valence-electron chi connectivity index (χ3n) is 4.98. The average molecular weight is 338 g/mol. The Hall–Kier alpha value is -3.17. The minimum atomic E-state index is -0.369. The summed E-state index contributed by atoms with van der Waals surface area (Å²) in [6.07, 6.45) is 6.07. The molecule has 3 heteroatoms. The summed E-state index contributed by atoms with van der Waals surface area (Å²) in [7, 11) is 0. The number of nitrogens with zero attached hydrogens (tertiary/aromatic N) is 2. The highest BCUT2D eigenvalue weighted by Gasteiger charge is 2.12. The van der Waals surface area contributed by atoms with Crippen LogP contribution in [0.1, 0.15) is 11.1 Å². The van der Waals surface area contributed by atoms with Crippen LogP contribution in [0.4, 0.5) is 0 Å². The molecule has 1 atom stereocenters. The Labute approximate surface area is 151 Å². The van der Waals surface area contributed by atoms with E-state index >= 15 is 0 Å². The van der Waals surface area contributed by atoms with Gasteiger partial charge in [0.25, 0.3) is 0 Å². The Kier molecular flexibility index (Phi) is 3.47. The van der Waals surface area contributed by atoms with Crippen LogP contribution in [0.15, 0.2) is 79.1 Å². The second-order valence-corrected chi connectivity index (χ2v) is 6.70. The first-order valence-corrected chi connectivity index (χ1v) is 8.80. The SMILES string of the molecule is OC1C=Cc2cc(-c3cccc(-n4cnc5ccccc54)c3)ccc2C1. The predicted octanol–water partition coefficient (Wildman–Crippen LogP) is 4.62. The molecule has 0 saturated heterocycles. The molecule has 5 rings (SSSR count).